The van der Waals surface area contributed by atoms with Crippen LogP contribution in [0.4, 0.5) is 14.4 Å². The van der Waals surface area contributed by atoms with Crippen molar-refractivity contribution in [3.63, 3.8) is 0 Å². The Morgan fingerprint density at radius 3 is 1.58 bits per heavy atom. The summed E-state index contributed by atoms with van der Waals surface area (Å²) in [6.07, 6.45) is 23.7. The van der Waals surface area contributed by atoms with E-state index in [2.05, 4.69) is 35.9 Å². The number of Topliss-reactive ketones (excluding diaryl/α,β-unsaturated/α-hetero) is 1. The predicted octanol–water partition coefficient (Wildman–Crippen LogP) is 11.2. The lowest BCUT2D eigenvalue weighted by Gasteiger charge is -2.52. The van der Waals surface area contributed by atoms with E-state index in [4.69, 9.17) is 31.5 Å². The second kappa shape index (κ2) is 37.2. The smallest absolute Gasteiger partial charge is 0.410 e. The topological polar surface area (TPSA) is 205 Å². The van der Waals surface area contributed by atoms with Gasteiger partial charge in [0.2, 0.25) is 17.1 Å². The molecule has 7 aliphatic heterocycles. The summed E-state index contributed by atoms with van der Waals surface area (Å²) in [7, 11) is 0. The van der Waals surface area contributed by atoms with Crippen LogP contribution in [0.1, 0.15) is 211 Å². The molecule has 5 amide bonds. The van der Waals surface area contributed by atoms with Gasteiger partial charge in [0.05, 0.1) is 13.2 Å². The van der Waals surface area contributed by atoms with Crippen LogP contribution in [-0.4, -0.2) is 197 Å². The maximum absolute atomic E-state index is 12.4. The number of hydrogen-bond donors (Lipinski definition) is 2. The normalized spacial score (nSPS) is 24.2. The molecule has 2 spiro atoms. The average molecular weight is 1230 g/mol. The Hall–Kier alpha value is -3.26. The van der Waals surface area contributed by atoms with Gasteiger partial charge >= 0.3 is 18.3 Å². The van der Waals surface area contributed by atoms with Crippen molar-refractivity contribution < 1.29 is 47.8 Å². The van der Waals surface area contributed by atoms with Crippen molar-refractivity contribution in [2.75, 3.05) is 97.1 Å². The minimum atomic E-state index is -0.406. The number of amides is 5. The first-order valence-corrected chi connectivity index (χ1v) is 31.7. The molecule has 81 heavy (non-hydrogen) atoms. The highest BCUT2D eigenvalue weighted by Gasteiger charge is 2.52. The molecular weight excluding hydrogens is 1120 g/mol. The maximum Gasteiger partial charge on any atom is 0.410 e. The molecule has 7 heterocycles. The lowest BCUT2D eigenvalue weighted by atomic mass is 9.64. The van der Waals surface area contributed by atoms with Crippen molar-refractivity contribution in [3.8, 4) is 0 Å². The summed E-state index contributed by atoms with van der Waals surface area (Å²) < 4.78 is 15.3. The fourth-order valence-electron chi connectivity index (χ4n) is 12.6. The number of piperidine rings is 3. The Labute approximate surface area is 503 Å². The highest BCUT2D eigenvalue weighted by atomic mass is 79.9. The molecule has 20 heteroatoms. The van der Waals surface area contributed by atoms with Crippen LogP contribution in [0.5, 0.6) is 0 Å². The van der Waals surface area contributed by atoms with Crippen LogP contribution in [-0.2, 0) is 33.4 Å². The maximum atomic E-state index is 12.4. The largest absolute Gasteiger partial charge is 0.450 e. The van der Waals surface area contributed by atoms with E-state index in [1.807, 2.05) is 32.6 Å². The molecule has 9 aliphatic rings. The molecule has 7 saturated heterocycles. The summed E-state index contributed by atoms with van der Waals surface area (Å²) in [5.74, 6) is 1.11. The standard InChI is InChI=1S/C21H35N3O3.C11H20N2O.C10H20N2O2.C10H15NO3.C6H10BrClO.3CH4/c1-2-27-20(26)23-13-9-21(16-23)14-18(15-21)22-11-7-17(8-12-22)24-10-5-3-4-6-19(24)25;14-11-4-2-1-3-9-13(11)10-5-7-12-8-6-10;1-10(2,3)14-9(13)12-6-4-8(11)5-7-12;1-2-14-9(13)11-4-3-10(7-11)5-8(12)6-10;7-5-3-1-2-4-6(8)9;;;/h17-18H,2-16H2,1H3;10,12H,1-9H2;8H,4-7,11H2,1-3H3;2-7H2,1H3;1-5H2;3*1H4. The number of halogens is 2. The van der Waals surface area contributed by atoms with Crippen molar-refractivity contribution in [2.45, 2.75) is 241 Å². The number of likely N-dealkylation sites (tertiary alicyclic amines) is 6. The van der Waals surface area contributed by atoms with Gasteiger partial charge in [-0.25, -0.2) is 14.4 Å². The number of carbonyl (C=O) groups excluding carboxylic acids is 7. The molecule has 2 saturated carbocycles. The third-order valence-electron chi connectivity index (χ3n) is 17.0. The molecular formula is C61H112BrClN8O10. The van der Waals surface area contributed by atoms with Gasteiger partial charge in [-0.1, -0.05) is 57.5 Å². The number of nitrogens with one attached hydrogen (secondary N) is 1. The van der Waals surface area contributed by atoms with Crippen molar-refractivity contribution in [1.82, 2.24) is 34.7 Å². The Morgan fingerprint density at radius 1 is 0.617 bits per heavy atom. The van der Waals surface area contributed by atoms with Crippen LogP contribution in [0.2, 0.25) is 0 Å². The van der Waals surface area contributed by atoms with Gasteiger partial charge in [0.25, 0.3) is 0 Å². The zero-order chi connectivity index (χ0) is 56.7. The molecule has 0 aromatic heterocycles. The number of unbranched alkanes of at least 4 members (excludes halogenated alkanes) is 2. The van der Waals surface area contributed by atoms with Crippen molar-refractivity contribution in [2.24, 2.45) is 16.6 Å². The Balaban J connectivity index is 0.000000362. The molecule has 0 bridgehead atoms. The lowest BCUT2D eigenvalue weighted by Crippen LogP contribution is -2.56. The first kappa shape index (κ1) is 73.8. The molecule has 3 N–H and O–H groups in total. The summed E-state index contributed by atoms with van der Waals surface area (Å²) in [5.41, 5.74) is 5.80. The Kier molecular flexibility index (Phi) is 33.9. The molecule has 0 aromatic rings. The van der Waals surface area contributed by atoms with Crippen molar-refractivity contribution in [3.05, 3.63) is 0 Å². The van der Waals surface area contributed by atoms with Gasteiger partial charge < -0.3 is 54.7 Å². The summed E-state index contributed by atoms with van der Waals surface area (Å²) in [4.78, 5) is 92.5. The minimum absolute atomic E-state index is 0. The molecule has 0 unspecified atom stereocenters. The number of ketones is 1. The molecule has 2 aliphatic carbocycles. The number of carbonyl (C=O) groups is 7. The van der Waals surface area contributed by atoms with Crippen LogP contribution in [0, 0.1) is 10.8 Å². The van der Waals surface area contributed by atoms with E-state index >= 15 is 0 Å². The molecule has 470 valence electrons. The van der Waals surface area contributed by atoms with Gasteiger partial charge in [-0.15, -0.1) is 0 Å². The van der Waals surface area contributed by atoms with E-state index in [0.717, 1.165) is 174 Å². The SMILES string of the molecule is C.C.C.CC(C)(C)OC(=O)N1CCC(N)CC1.CCOC(=O)N1CCC2(CC(=O)C2)C1.CCOC(=O)N1CCC2(CC(N3CCC(N4CCCCCC4=O)CC3)C2)C1.O=C(Cl)CCCCCBr.O=C1CCCCCN1C1CCNCC1. The van der Waals surface area contributed by atoms with Gasteiger partial charge in [0.1, 0.15) is 11.4 Å². The van der Waals surface area contributed by atoms with Crippen molar-refractivity contribution in [1.29, 1.82) is 0 Å². The number of nitrogens with zero attached hydrogens (tertiary/aromatic N) is 6. The number of rotatable bonds is 10. The highest BCUT2D eigenvalue weighted by molar-refractivity contribution is 9.09. The number of hydrogen-bond acceptors (Lipinski definition) is 13. The summed E-state index contributed by atoms with van der Waals surface area (Å²) in [6.45, 7) is 21.2. The van der Waals surface area contributed by atoms with E-state index in [1.54, 1.807) is 16.7 Å². The third-order valence-corrected chi connectivity index (χ3v) is 17.8. The molecule has 0 radical (unpaired) electrons. The first-order chi connectivity index (χ1) is 37.3. The van der Waals surface area contributed by atoms with E-state index in [0.29, 0.717) is 80.2 Å². The Morgan fingerprint density at radius 2 is 1.11 bits per heavy atom. The van der Waals surface area contributed by atoms with Crippen LogP contribution in [0.3, 0.4) is 0 Å². The highest BCUT2D eigenvalue weighted by Crippen LogP contribution is 2.51. The van der Waals surface area contributed by atoms with Gasteiger partial charge in [-0.2, -0.15) is 0 Å². The zero-order valence-electron chi connectivity index (χ0n) is 48.5. The molecule has 0 atom stereocenters. The first-order valence-electron chi connectivity index (χ1n) is 30.2. The van der Waals surface area contributed by atoms with Crippen molar-refractivity contribution >= 4 is 68.7 Å². The summed E-state index contributed by atoms with van der Waals surface area (Å²) >= 11 is 8.40. The van der Waals surface area contributed by atoms with E-state index in [1.165, 1.54) is 38.5 Å². The van der Waals surface area contributed by atoms with Crippen LogP contribution >= 0.6 is 27.5 Å². The quantitative estimate of drug-likeness (QED) is 0.0905. The van der Waals surface area contributed by atoms with E-state index < -0.39 is 5.60 Å². The fourth-order valence-corrected chi connectivity index (χ4v) is 13.2. The van der Waals surface area contributed by atoms with Gasteiger partial charge in [0.15, 0.2) is 0 Å². The second-order valence-corrected chi connectivity index (χ2v) is 25.6. The Bertz CT molecular complexity index is 1890. The van der Waals surface area contributed by atoms with Crippen LogP contribution in [0.25, 0.3) is 0 Å². The van der Waals surface area contributed by atoms with Gasteiger partial charge in [0, 0.05) is 132 Å². The summed E-state index contributed by atoms with van der Waals surface area (Å²) in [6, 6.07) is 1.91. The van der Waals surface area contributed by atoms with Crippen LogP contribution in [0.15, 0.2) is 0 Å². The molecule has 0 aromatic carbocycles. The minimum Gasteiger partial charge on any atom is -0.450 e. The third kappa shape index (κ3) is 24.7. The molecule has 9 rings (SSSR count). The predicted molar refractivity (Wildman–Crippen MR) is 328 cm³/mol. The second-order valence-electron chi connectivity index (χ2n) is 24.4. The summed E-state index contributed by atoms with van der Waals surface area (Å²) in [5, 5.41) is 4.15. The van der Waals surface area contributed by atoms with E-state index in [9.17, 15) is 33.6 Å². The van der Waals surface area contributed by atoms with Gasteiger partial charge in [-0.05, 0) is 167 Å². The molecule has 9 fully saturated rings. The van der Waals surface area contributed by atoms with E-state index in [-0.39, 0.29) is 57.3 Å². The fraction of sp³-hybridized carbons (Fsp3) is 0.885. The molecule has 18 nitrogen and oxygen atoms in total. The zero-order valence-corrected chi connectivity index (χ0v) is 50.8. The number of ether oxygens (including phenoxy) is 3. The number of nitrogens with two attached hydrogens (primary N) is 1. The monoisotopic (exact) mass is 1230 g/mol. The van der Waals surface area contributed by atoms with Crippen LogP contribution < -0.4 is 11.1 Å². The van der Waals surface area contributed by atoms with Gasteiger partial charge in [-0.3, -0.25) is 19.2 Å². The lowest BCUT2D eigenvalue weighted by molar-refractivity contribution is -0.134. The average Bonchev–Trinajstić information content (AvgIpc) is 4.19. The number of alkyl halides is 1.